The third-order valence-corrected chi connectivity index (χ3v) is 3.22. The molecule has 0 aliphatic carbocycles. The predicted molar refractivity (Wildman–Crippen MR) is 74.5 cm³/mol. The van der Waals surface area contributed by atoms with Crippen LogP contribution in [0.25, 0.3) is 0 Å². The molecule has 1 saturated heterocycles. The lowest BCUT2D eigenvalue weighted by Crippen LogP contribution is -2.27. The summed E-state index contributed by atoms with van der Waals surface area (Å²) >= 11 is 0. The molecule has 2 atom stereocenters. The molecular weight excluding hydrogens is 242 g/mol. The van der Waals surface area contributed by atoms with Gasteiger partial charge in [-0.2, -0.15) is 4.98 Å². The molecule has 0 amide bonds. The number of hydrogen-bond acceptors (Lipinski definition) is 5. The van der Waals surface area contributed by atoms with E-state index in [-0.39, 0.29) is 6.10 Å². The molecule has 0 saturated carbocycles. The second-order valence-electron chi connectivity index (χ2n) is 5.39. The third kappa shape index (κ3) is 4.06. The van der Waals surface area contributed by atoms with Gasteiger partial charge in [0.15, 0.2) is 0 Å². The monoisotopic (exact) mass is 265 g/mol. The maximum atomic E-state index is 5.63. The zero-order chi connectivity index (χ0) is 13.8. The van der Waals surface area contributed by atoms with Crippen molar-refractivity contribution in [1.29, 1.82) is 0 Å². The molecule has 0 aromatic carbocycles. The molecule has 5 heteroatoms. The largest absolute Gasteiger partial charge is 0.475 e. The summed E-state index contributed by atoms with van der Waals surface area (Å²) in [5, 5.41) is 3.36. The molecular formula is C14H23N3O2. The van der Waals surface area contributed by atoms with Crippen LogP contribution < -0.4 is 10.1 Å². The quantitative estimate of drug-likeness (QED) is 0.886. The minimum absolute atomic E-state index is 0.114. The minimum Gasteiger partial charge on any atom is -0.475 e. The Labute approximate surface area is 114 Å². The van der Waals surface area contributed by atoms with Crippen LogP contribution in [0.5, 0.6) is 5.88 Å². The normalized spacial score (nSPS) is 20.6. The number of ether oxygens (including phenoxy) is 2. The van der Waals surface area contributed by atoms with Crippen molar-refractivity contribution in [1.82, 2.24) is 9.97 Å². The topological polar surface area (TPSA) is 56.3 Å². The molecule has 1 aliphatic rings. The fraction of sp³-hybridized carbons (Fsp3) is 0.714. The van der Waals surface area contributed by atoms with Gasteiger partial charge in [-0.1, -0.05) is 0 Å². The molecule has 1 aliphatic heterocycles. The highest BCUT2D eigenvalue weighted by atomic mass is 16.5. The summed E-state index contributed by atoms with van der Waals surface area (Å²) in [6.45, 7) is 9.74. The minimum atomic E-state index is 0.114. The van der Waals surface area contributed by atoms with Crippen LogP contribution in [-0.4, -0.2) is 35.3 Å². The van der Waals surface area contributed by atoms with Crippen LogP contribution in [0, 0.1) is 12.8 Å². The van der Waals surface area contributed by atoms with E-state index in [1.807, 2.05) is 26.8 Å². The standard InChI is InChI=1S/C14H23N3O2/c1-9(2)19-13-7-10(3)15-14(17-13)16-11(4)12-5-6-18-8-12/h7,9,11-12H,5-6,8H2,1-4H3,(H,15,16,17). The fourth-order valence-corrected chi connectivity index (χ4v) is 2.17. The van der Waals surface area contributed by atoms with Gasteiger partial charge in [0, 0.05) is 30.3 Å². The number of hydrogen-bond donors (Lipinski definition) is 1. The van der Waals surface area contributed by atoms with E-state index in [0.717, 1.165) is 25.3 Å². The van der Waals surface area contributed by atoms with E-state index in [9.17, 15) is 0 Å². The summed E-state index contributed by atoms with van der Waals surface area (Å²) in [6, 6.07) is 2.16. The lowest BCUT2D eigenvalue weighted by Gasteiger charge is -2.20. The second-order valence-corrected chi connectivity index (χ2v) is 5.39. The SMILES string of the molecule is Cc1cc(OC(C)C)nc(NC(C)C2CCOC2)n1. The first kappa shape index (κ1) is 14.1. The van der Waals surface area contributed by atoms with E-state index in [4.69, 9.17) is 9.47 Å². The van der Waals surface area contributed by atoms with Gasteiger partial charge >= 0.3 is 0 Å². The van der Waals surface area contributed by atoms with Crippen LogP contribution in [0.3, 0.4) is 0 Å². The second kappa shape index (κ2) is 6.19. The summed E-state index contributed by atoms with van der Waals surface area (Å²) in [5.74, 6) is 1.79. The Hall–Kier alpha value is -1.36. The highest BCUT2D eigenvalue weighted by Gasteiger charge is 2.22. The molecule has 0 bridgehead atoms. The summed E-state index contributed by atoms with van der Waals surface area (Å²) in [4.78, 5) is 8.81. The van der Waals surface area contributed by atoms with Crippen LogP contribution in [0.15, 0.2) is 6.07 Å². The first-order valence-electron chi connectivity index (χ1n) is 6.91. The zero-order valence-corrected chi connectivity index (χ0v) is 12.1. The average molecular weight is 265 g/mol. The number of aromatic nitrogens is 2. The van der Waals surface area contributed by atoms with Crippen molar-refractivity contribution >= 4 is 5.95 Å². The van der Waals surface area contributed by atoms with Gasteiger partial charge in [-0.3, -0.25) is 0 Å². The average Bonchev–Trinajstić information content (AvgIpc) is 2.79. The molecule has 19 heavy (non-hydrogen) atoms. The molecule has 1 aromatic heterocycles. The molecule has 5 nitrogen and oxygen atoms in total. The highest BCUT2D eigenvalue weighted by molar-refractivity contribution is 5.31. The van der Waals surface area contributed by atoms with Gasteiger partial charge in [0.1, 0.15) is 0 Å². The molecule has 0 spiro atoms. The molecule has 1 aromatic rings. The molecule has 106 valence electrons. The van der Waals surface area contributed by atoms with Crippen molar-refractivity contribution in [3.8, 4) is 5.88 Å². The molecule has 2 rings (SSSR count). The third-order valence-electron chi connectivity index (χ3n) is 3.22. The van der Waals surface area contributed by atoms with Gasteiger partial charge in [0.2, 0.25) is 11.8 Å². The van der Waals surface area contributed by atoms with E-state index >= 15 is 0 Å². The van der Waals surface area contributed by atoms with Crippen molar-refractivity contribution in [2.75, 3.05) is 18.5 Å². The van der Waals surface area contributed by atoms with Crippen LogP contribution >= 0.6 is 0 Å². The number of aryl methyl sites for hydroxylation is 1. The first-order chi connectivity index (χ1) is 9.04. The van der Waals surface area contributed by atoms with Gasteiger partial charge in [0.05, 0.1) is 12.7 Å². The van der Waals surface area contributed by atoms with Crippen molar-refractivity contribution in [3.05, 3.63) is 11.8 Å². The zero-order valence-electron chi connectivity index (χ0n) is 12.1. The van der Waals surface area contributed by atoms with Gasteiger partial charge in [0.25, 0.3) is 0 Å². The lowest BCUT2D eigenvalue weighted by molar-refractivity contribution is 0.183. The Morgan fingerprint density at radius 2 is 2.16 bits per heavy atom. The van der Waals surface area contributed by atoms with Gasteiger partial charge in [-0.15, -0.1) is 0 Å². The molecule has 1 fully saturated rings. The van der Waals surface area contributed by atoms with Crippen LogP contribution in [0.2, 0.25) is 0 Å². The number of anilines is 1. The van der Waals surface area contributed by atoms with Gasteiger partial charge < -0.3 is 14.8 Å². The first-order valence-corrected chi connectivity index (χ1v) is 6.91. The summed E-state index contributed by atoms with van der Waals surface area (Å²) < 4.78 is 11.0. The van der Waals surface area contributed by atoms with E-state index in [1.54, 1.807) is 0 Å². The van der Waals surface area contributed by atoms with Crippen molar-refractivity contribution in [2.45, 2.75) is 46.3 Å². The Bertz CT molecular complexity index is 417. The predicted octanol–water partition coefficient (Wildman–Crippen LogP) is 2.41. The smallest absolute Gasteiger partial charge is 0.226 e. The Morgan fingerprint density at radius 3 is 2.79 bits per heavy atom. The molecule has 0 radical (unpaired) electrons. The summed E-state index contributed by atoms with van der Waals surface area (Å²) in [5.41, 5.74) is 0.906. The van der Waals surface area contributed by atoms with Crippen molar-refractivity contribution in [3.63, 3.8) is 0 Å². The van der Waals surface area contributed by atoms with E-state index in [1.165, 1.54) is 0 Å². The molecule has 1 N–H and O–H groups in total. The van der Waals surface area contributed by atoms with Gasteiger partial charge in [-0.25, -0.2) is 4.98 Å². The molecule has 2 unspecified atom stereocenters. The van der Waals surface area contributed by atoms with E-state index < -0.39 is 0 Å². The summed E-state index contributed by atoms with van der Waals surface area (Å²) in [6.07, 6.45) is 1.21. The maximum Gasteiger partial charge on any atom is 0.226 e. The lowest BCUT2D eigenvalue weighted by atomic mass is 10.0. The Kier molecular flexibility index (Phi) is 4.58. The van der Waals surface area contributed by atoms with Crippen LogP contribution in [0.4, 0.5) is 5.95 Å². The highest BCUT2D eigenvalue weighted by Crippen LogP contribution is 2.20. The number of nitrogens with one attached hydrogen (secondary N) is 1. The van der Waals surface area contributed by atoms with Gasteiger partial charge in [-0.05, 0) is 34.1 Å². The van der Waals surface area contributed by atoms with Crippen molar-refractivity contribution in [2.24, 2.45) is 5.92 Å². The Morgan fingerprint density at radius 1 is 1.37 bits per heavy atom. The van der Waals surface area contributed by atoms with E-state index in [2.05, 4.69) is 22.2 Å². The van der Waals surface area contributed by atoms with Crippen molar-refractivity contribution < 1.29 is 9.47 Å². The fourth-order valence-electron chi connectivity index (χ4n) is 2.17. The Balaban J connectivity index is 2.04. The number of rotatable bonds is 5. The maximum absolute atomic E-state index is 5.63. The summed E-state index contributed by atoms with van der Waals surface area (Å²) in [7, 11) is 0. The van der Waals surface area contributed by atoms with Crippen LogP contribution in [-0.2, 0) is 4.74 Å². The van der Waals surface area contributed by atoms with Crippen LogP contribution in [0.1, 0.15) is 32.9 Å². The molecule has 2 heterocycles. The number of nitrogens with zero attached hydrogens (tertiary/aromatic N) is 2. The van der Waals surface area contributed by atoms with E-state index in [0.29, 0.717) is 23.8 Å².